The summed E-state index contributed by atoms with van der Waals surface area (Å²) in [6.07, 6.45) is 0.0629. The van der Waals surface area contributed by atoms with Crippen LogP contribution in [-0.2, 0) is 0 Å². The Morgan fingerprint density at radius 2 is 1.80 bits per heavy atom. The predicted octanol–water partition coefficient (Wildman–Crippen LogP) is 3.98. The molecule has 104 valence electrons. The Bertz CT molecular complexity index is 618. The Balaban J connectivity index is 2.36. The van der Waals surface area contributed by atoms with Crippen LogP contribution in [0.25, 0.3) is 11.1 Å². The molecule has 2 aromatic rings. The fraction of sp³-hybridized carbons (Fsp3) is 0.188. The zero-order chi connectivity index (χ0) is 14.7. The van der Waals surface area contributed by atoms with E-state index in [2.05, 4.69) is 0 Å². The second-order valence-corrected chi connectivity index (χ2v) is 4.69. The lowest BCUT2D eigenvalue weighted by atomic mass is 10.0. The van der Waals surface area contributed by atoms with E-state index < -0.39 is 11.8 Å². The maximum absolute atomic E-state index is 13.8. The fourth-order valence-corrected chi connectivity index (χ4v) is 1.86. The largest absolute Gasteiger partial charge is 0.491 e. The molecule has 0 atom stereocenters. The molecular formula is C16H15FO3. The summed E-state index contributed by atoms with van der Waals surface area (Å²) in [7, 11) is 0. The third-order valence-electron chi connectivity index (χ3n) is 2.75. The van der Waals surface area contributed by atoms with Crippen LogP contribution < -0.4 is 4.74 Å². The quantitative estimate of drug-likeness (QED) is 0.917. The number of ether oxygens (including phenoxy) is 1. The van der Waals surface area contributed by atoms with Gasteiger partial charge in [0.1, 0.15) is 11.6 Å². The van der Waals surface area contributed by atoms with E-state index >= 15 is 0 Å². The third kappa shape index (κ3) is 3.15. The highest BCUT2D eigenvalue weighted by Gasteiger charge is 2.10. The first-order valence-electron chi connectivity index (χ1n) is 6.27. The second-order valence-electron chi connectivity index (χ2n) is 4.69. The summed E-state index contributed by atoms with van der Waals surface area (Å²) in [4.78, 5) is 10.9. The predicted molar refractivity (Wildman–Crippen MR) is 74.6 cm³/mol. The Hall–Kier alpha value is -2.36. The maximum Gasteiger partial charge on any atom is 0.335 e. The first kappa shape index (κ1) is 14.1. The summed E-state index contributed by atoms with van der Waals surface area (Å²) in [5.74, 6) is -0.836. The second kappa shape index (κ2) is 5.74. The van der Waals surface area contributed by atoms with Crippen molar-refractivity contribution in [2.24, 2.45) is 0 Å². The van der Waals surface area contributed by atoms with Crippen LogP contribution in [-0.4, -0.2) is 17.2 Å². The monoisotopic (exact) mass is 274 g/mol. The van der Waals surface area contributed by atoms with Gasteiger partial charge >= 0.3 is 5.97 Å². The molecule has 0 fully saturated rings. The third-order valence-corrected chi connectivity index (χ3v) is 2.75. The van der Waals surface area contributed by atoms with Crippen molar-refractivity contribution in [2.45, 2.75) is 20.0 Å². The van der Waals surface area contributed by atoms with Gasteiger partial charge in [-0.2, -0.15) is 0 Å². The normalized spacial score (nSPS) is 10.6. The van der Waals surface area contributed by atoms with Crippen molar-refractivity contribution in [1.82, 2.24) is 0 Å². The van der Waals surface area contributed by atoms with Gasteiger partial charge in [0.25, 0.3) is 0 Å². The van der Waals surface area contributed by atoms with Gasteiger partial charge in [0, 0.05) is 5.56 Å². The van der Waals surface area contributed by atoms with Crippen LogP contribution >= 0.6 is 0 Å². The van der Waals surface area contributed by atoms with Gasteiger partial charge in [-0.25, -0.2) is 9.18 Å². The number of hydrogen-bond acceptors (Lipinski definition) is 2. The molecular weight excluding hydrogens is 259 g/mol. The molecule has 2 rings (SSSR count). The van der Waals surface area contributed by atoms with Gasteiger partial charge in [0.2, 0.25) is 0 Å². The maximum atomic E-state index is 13.8. The average Bonchev–Trinajstić information content (AvgIpc) is 2.39. The lowest BCUT2D eigenvalue weighted by Gasteiger charge is -2.10. The summed E-state index contributed by atoms with van der Waals surface area (Å²) < 4.78 is 19.3. The van der Waals surface area contributed by atoms with Crippen LogP contribution in [0.4, 0.5) is 4.39 Å². The molecule has 0 amide bonds. The van der Waals surface area contributed by atoms with Crippen LogP contribution in [0.2, 0.25) is 0 Å². The molecule has 0 bridgehead atoms. The van der Waals surface area contributed by atoms with Gasteiger partial charge in [-0.3, -0.25) is 0 Å². The number of carboxylic acids is 1. The summed E-state index contributed by atoms with van der Waals surface area (Å²) in [5.41, 5.74) is 0.937. The molecule has 0 aromatic heterocycles. The molecule has 0 aliphatic carbocycles. The lowest BCUT2D eigenvalue weighted by molar-refractivity contribution is 0.0697. The number of aromatic carboxylic acids is 1. The van der Waals surface area contributed by atoms with Gasteiger partial charge in [0.05, 0.1) is 11.7 Å². The molecule has 0 spiro atoms. The first-order valence-corrected chi connectivity index (χ1v) is 6.27. The molecule has 0 saturated heterocycles. The number of rotatable bonds is 4. The number of halogens is 1. The molecule has 0 saturated carbocycles. The molecule has 4 heteroatoms. The Morgan fingerprint density at radius 1 is 1.15 bits per heavy atom. The van der Waals surface area contributed by atoms with Crippen molar-refractivity contribution < 1.29 is 19.0 Å². The highest BCUT2D eigenvalue weighted by atomic mass is 19.1. The highest BCUT2D eigenvalue weighted by Crippen LogP contribution is 2.26. The van der Waals surface area contributed by atoms with Gasteiger partial charge < -0.3 is 9.84 Å². The average molecular weight is 274 g/mol. The molecule has 0 radical (unpaired) electrons. The topological polar surface area (TPSA) is 46.5 Å². The SMILES string of the molecule is CC(C)Oc1ccc(-c2cc(C(=O)O)ccc2F)cc1. The van der Waals surface area contributed by atoms with Crippen molar-refractivity contribution in [3.63, 3.8) is 0 Å². The van der Waals surface area contributed by atoms with E-state index in [1.54, 1.807) is 24.3 Å². The minimum absolute atomic E-state index is 0.0592. The van der Waals surface area contributed by atoms with Crippen molar-refractivity contribution in [3.8, 4) is 16.9 Å². The van der Waals surface area contributed by atoms with E-state index in [9.17, 15) is 9.18 Å². The van der Waals surface area contributed by atoms with Gasteiger partial charge in [-0.15, -0.1) is 0 Å². The molecule has 0 aliphatic heterocycles. The summed E-state index contributed by atoms with van der Waals surface area (Å²) in [5, 5.41) is 8.95. The first-order chi connectivity index (χ1) is 9.47. The lowest BCUT2D eigenvalue weighted by Crippen LogP contribution is -2.05. The number of carbonyl (C=O) groups is 1. The van der Waals surface area contributed by atoms with Crippen molar-refractivity contribution in [2.75, 3.05) is 0 Å². The molecule has 0 aliphatic rings. The van der Waals surface area contributed by atoms with Gasteiger partial charge in [-0.1, -0.05) is 12.1 Å². The Labute approximate surface area is 116 Å². The van der Waals surface area contributed by atoms with Gasteiger partial charge in [-0.05, 0) is 49.7 Å². The minimum Gasteiger partial charge on any atom is -0.491 e. The van der Waals surface area contributed by atoms with Crippen LogP contribution in [0.1, 0.15) is 24.2 Å². The fourth-order valence-electron chi connectivity index (χ4n) is 1.86. The van der Waals surface area contributed by atoms with Crippen molar-refractivity contribution in [1.29, 1.82) is 0 Å². The van der Waals surface area contributed by atoms with Gasteiger partial charge in [0.15, 0.2) is 0 Å². The molecule has 0 heterocycles. The molecule has 3 nitrogen and oxygen atoms in total. The zero-order valence-corrected chi connectivity index (χ0v) is 11.3. The zero-order valence-electron chi connectivity index (χ0n) is 11.3. The standard InChI is InChI=1S/C16H15FO3/c1-10(2)20-13-6-3-11(4-7-13)14-9-12(16(18)19)5-8-15(14)17/h3-10H,1-2H3,(H,18,19). The van der Waals surface area contributed by atoms with Crippen molar-refractivity contribution in [3.05, 3.63) is 53.8 Å². The Kier molecular flexibility index (Phi) is 4.03. The number of carboxylic acid groups (broad SMARTS) is 1. The summed E-state index contributed by atoms with van der Waals surface area (Å²) in [6, 6.07) is 10.6. The summed E-state index contributed by atoms with van der Waals surface area (Å²) in [6.45, 7) is 3.84. The summed E-state index contributed by atoms with van der Waals surface area (Å²) >= 11 is 0. The highest BCUT2D eigenvalue weighted by molar-refractivity contribution is 5.89. The van der Waals surface area contributed by atoms with E-state index in [0.717, 1.165) is 6.07 Å². The molecule has 20 heavy (non-hydrogen) atoms. The molecule has 2 aromatic carbocycles. The number of benzene rings is 2. The van der Waals surface area contributed by atoms with Crippen LogP contribution in [0.5, 0.6) is 5.75 Å². The van der Waals surface area contributed by atoms with E-state index in [0.29, 0.717) is 11.3 Å². The van der Waals surface area contributed by atoms with E-state index in [-0.39, 0.29) is 17.2 Å². The van der Waals surface area contributed by atoms with Crippen LogP contribution in [0, 0.1) is 5.82 Å². The smallest absolute Gasteiger partial charge is 0.335 e. The van der Waals surface area contributed by atoms with Crippen molar-refractivity contribution >= 4 is 5.97 Å². The van der Waals surface area contributed by atoms with E-state index in [1.807, 2.05) is 13.8 Å². The van der Waals surface area contributed by atoms with Crippen LogP contribution in [0.3, 0.4) is 0 Å². The van der Waals surface area contributed by atoms with E-state index in [1.165, 1.54) is 12.1 Å². The number of hydrogen-bond donors (Lipinski definition) is 1. The van der Waals surface area contributed by atoms with E-state index in [4.69, 9.17) is 9.84 Å². The Morgan fingerprint density at radius 3 is 2.35 bits per heavy atom. The minimum atomic E-state index is -1.08. The molecule has 1 N–H and O–H groups in total. The van der Waals surface area contributed by atoms with Crippen LogP contribution in [0.15, 0.2) is 42.5 Å². The molecule has 0 unspecified atom stereocenters.